The van der Waals surface area contributed by atoms with Crippen molar-refractivity contribution in [1.29, 1.82) is 0 Å². The van der Waals surface area contributed by atoms with E-state index < -0.39 is 6.36 Å². The van der Waals surface area contributed by atoms with Crippen molar-refractivity contribution in [3.8, 4) is 16.9 Å². The van der Waals surface area contributed by atoms with Gasteiger partial charge in [-0.2, -0.15) is 0 Å². The van der Waals surface area contributed by atoms with Crippen molar-refractivity contribution >= 4 is 26.8 Å². The summed E-state index contributed by atoms with van der Waals surface area (Å²) < 4.78 is 44.0. The predicted molar refractivity (Wildman–Crippen MR) is 100 cm³/mol. The van der Waals surface area contributed by atoms with Crippen LogP contribution in [0.25, 0.3) is 22.0 Å². The number of halogens is 5. The van der Waals surface area contributed by atoms with E-state index >= 15 is 0 Å². The van der Waals surface area contributed by atoms with Crippen LogP contribution in [0.3, 0.4) is 0 Å². The van der Waals surface area contributed by atoms with Crippen LogP contribution in [-0.4, -0.2) is 11.3 Å². The summed E-state index contributed by atoms with van der Waals surface area (Å²) >= 11 is 3.40. The molecular formula is C20H15BrF3INO-. The van der Waals surface area contributed by atoms with Crippen LogP contribution in [0.4, 0.5) is 13.2 Å². The molecule has 0 saturated carbocycles. The molecule has 1 heterocycles. The molecule has 0 amide bonds. The third kappa shape index (κ3) is 4.82. The molecule has 0 fully saturated rings. The first kappa shape index (κ1) is 20.1. The second-order valence-corrected chi connectivity index (χ2v) is 8.69. The molecule has 27 heavy (non-hydrogen) atoms. The van der Waals surface area contributed by atoms with E-state index in [2.05, 4.69) is 38.3 Å². The molecule has 7 heteroatoms. The topological polar surface area (TPSA) is 22.1 Å². The third-order valence-electron chi connectivity index (χ3n) is 3.95. The standard InChI is InChI=1S/C20H15BrF3INO/c1-2-25-12-14-10-17(16-4-3-9-26-19(16)18(14)11-21)13-5-7-15(8-6-13)27-20(22,23)24/h2-10H,1,11-12H2/q-1. The fraction of sp³-hybridized carbons (Fsp3) is 0.150. The number of rotatable bonds is 6. The Labute approximate surface area is 173 Å². The van der Waals surface area contributed by atoms with Gasteiger partial charge in [0.05, 0.1) is 0 Å². The fourth-order valence-electron chi connectivity index (χ4n) is 2.84. The number of aromatic nitrogens is 1. The van der Waals surface area contributed by atoms with Crippen LogP contribution >= 0.6 is 15.9 Å². The average Bonchev–Trinajstić information content (AvgIpc) is 2.65. The zero-order valence-corrected chi connectivity index (χ0v) is 17.8. The summed E-state index contributed by atoms with van der Waals surface area (Å²) in [6, 6.07) is 11.9. The van der Waals surface area contributed by atoms with Crippen LogP contribution in [0.5, 0.6) is 5.75 Å². The molecule has 0 aliphatic rings. The van der Waals surface area contributed by atoms with Crippen LogP contribution in [0.15, 0.2) is 59.3 Å². The molecular weight excluding hydrogens is 534 g/mol. The predicted octanol–water partition coefficient (Wildman–Crippen LogP) is 3.43. The van der Waals surface area contributed by atoms with Crippen molar-refractivity contribution in [2.75, 3.05) is 0 Å². The Morgan fingerprint density at radius 3 is 2.56 bits per heavy atom. The van der Waals surface area contributed by atoms with Gasteiger partial charge in [0.25, 0.3) is 0 Å². The molecule has 0 spiro atoms. The van der Waals surface area contributed by atoms with E-state index in [1.165, 1.54) is 17.7 Å². The van der Waals surface area contributed by atoms with Gasteiger partial charge < -0.3 is 0 Å². The molecule has 0 bridgehead atoms. The minimum atomic E-state index is -4.70. The first-order valence-corrected chi connectivity index (χ1v) is 11.8. The average molecular weight is 549 g/mol. The second kappa shape index (κ2) is 8.60. The van der Waals surface area contributed by atoms with Crippen LogP contribution < -0.4 is 25.9 Å². The van der Waals surface area contributed by atoms with Crippen molar-refractivity contribution in [2.24, 2.45) is 0 Å². The number of alkyl halides is 5. The summed E-state index contributed by atoms with van der Waals surface area (Å²) in [6.07, 6.45) is -2.94. The van der Waals surface area contributed by atoms with E-state index in [4.69, 9.17) is 0 Å². The van der Waals surface area contributed by atoms with E-state index in [-0.39, 0.29) is 27.0 Å². The van der Waals surface area contributed by atoms with Crippen molar-refractivity contribution in [3.63, 3.8) is 0 Å². The molecule has 0 N–H and O–H groups in total. The van der Waals surface area contributed by atoms with E-state index in [9.17, 15) is 13.2 Å². The molecule has 0 atom stereocenters. The Bertz CT molecular complexity index is 958. The monoisotopic (exact) mass is 548 g/mol. The van der Waals surface area contributed by atoms with Gasteiger partial charge in [0.15, 0.2) is 0 Å². The molecule has 0 aliphatic heterocycles. The third-order valence-corrected chi connectivity index (χ3v) is 6.40. The quantitative estimate of drug-likeness (QED) is 0.348. The van der Waals surface area contributed by atoms with Gasteiger partial charge in [-0.05, 0) is 0 Å². The van der Waals surface area contributed by atoms with Crippen LogP contribution in [0, 0.1) is 0 Å². The number of hydrogen-bond acceptors (Lipinski definition) is 2. The van der Waals surface area contributed by atoms with Crippen LogP contribution in [0.2, 0.25) is 0 Å². The molecule has 3 rings (SSSR count). The summed E-state index contributed by atoms with van der Waals surface area (Å²) in [4.78, 5) is 4.56. The molecule has 142 valence electrons. The normalized spacial score (nSPS) is 11.7. The number of ether oxygens (including phenoxy) is 1. The number of fused-ring (bicyclic) bond motifs is 1. The maximum atomic E-state index is 12.4. The van der Waals surface area contributed by atoms with Gasteiger partial charge in [-0.3, -0.25) is 0 Å². The van der Waals surface area contributed by atoms with Gasteiger partial charge in [-0.15, -0.1) is 0 Å². The fourth-order valence-corrected chi connectivity index (χ4v) is 4.93. The summed E-state index contributed by atoms with van der Waals surface area (Å²) in [5.41, 5.74) is 5.01. The maximum absolute atomic E-state index is 12.4. The van der Waals surface area contributed by atoms with Gasteiger partial charge in [-0.1, -0.05) is 0 Å². The van der Waals surface area contributed by atoms with Crippen LogP contribution in [0.1, 0.15) is 11.1 Å². The summed E-state index contributed by atoms with van der Waals surface area (Å²) in [5.74, 6) is -0.233. The molecule has 2 aromatic carbocycles. The number of hydrogen-bond donors (Lipinski definition) is 0. The number of benzene rings is 2. The first-order chi connectivity index (χ1) is 12.9. The number of nitrogens with zero attached hydrogens (tertiary/aromatic N) is 1. The Kier molecular flexibility index (Phi) is 6.41. The Morgan fingerprint density at radius 1 is 1.19 bits per heavy atom. The second-order valence-electron chi connectivity index (χ2n) is 5.61. The zero-order valence-electron chi connectivity index (χ0n) is 14.1. The molecule has 0 radical (unpaired) electrons. The zero-order chi connectivity index (χ0) is 19.4. The van der Waals surface area contributed by atoms with Crippen molar-refractivity contribution in [3.05, 3.63) is 70.5 Å². The molecule has 0 saturated heterocycles. The molecule has 0 unspecified atom stereocenters. The van der Waals surface area contributed by atoms with Gasteiger partial charge in [0.2, 0.25) is 0 Å². The Balaban J connectivity index is 2.11. The van der Waals surface area contributed by atoms with Gasteiger partial charge in [0, 0.05) is 0 Å². The van der Waals surface area contributed by atoms with Gasteiger partial charge in [-0.25, -0.2) is 0 Å². The van der Waals surface area contributed by atoms with Crippen molar-refractivity contribution in [2.45, 2.75) is 16.1 Å². The summed E-state index contributed by atoms with van der Waals surface area (Å²) in [7, 11) is 0. The molecule has 0 aliphatic carbocycles. The Morgan fingerprint density at radius 2 is 1.93 bits per heavy atom. The number of pyridine rings is 1. The molecule has 2 nitrogen and oxygen atoms in total. The Hall–Kier alpha value is -1.61. The SMILES string of the molecule is C=C[I-]Cc1cc(-c2ccc(OC(F)(F)F)cc2)c2cccnc2c1CBr. The molecule has 1 aromatic heterocycles. The van der Waals surface area contributed by atoms with Crippen molar-refractivity contribution in [1.82, 2.24) is 4.98 Å². The van der Waals surface area contributed by atoms with Gasteiger partial charge >= 0.3 is 174 Å². The molecule has 3 aromatic rings. The van der Waals surface area contributed by atoms with Crippen molar-refractivity contribution < 1.29 is 39.1 Å². The van der Waals surface area contributed by atoms with Crippen LogP contribution in [-0.2, 0) is 9.76 Å². The van der Waals surface area contributed by atoms with E-state index in [1.807, 2.05) is 16.2 Å². The summed E-state index contributed by atoms with van der Waals surface area (Å²) in [5, 5.41) is 1.66. The van der Waals surface area contributed by atoms with E-state index in [0.717, 1.165) is 32.0 Å². The summed E-state index contributed by atoms with van der Waals surface area (Å²) in [6.45, 7) is 3.83. The van der Waals surface area contributed by atoms with E-state index in [1.54, 1.807) is 18.3 Å². The minimum absolute atomic E-state index is 0.164. The first-order valence-electron chi connectivity index (χ1n) is 7.93. The van der Waals surface area contributed by atoms with Gasteiger partial charge in [0.1, 0.15) is 0 Å². The van der Waals surface area contributed by atoms with E-state index in [0.29, 0.717) is 5.33 Å².